The number of aliphatic hydroxyl groups excluding tert-OH is 1. The minimum Gasteiger partial charge on any atom is -0.494 e. The van der Waals surface area contributed by atoms with Crippen LogP contribution in [0.4, 0.5) is 4.39 Å². The summed E-state index contributed by atoms with van der Waals surface area (Å²) in [6, 6.07) is 15.2. The Hall–Kier alpha value is -3.23. The van der Waals surface area contributed by atoms with Crippen molar-refractivity contribution in [1.82, 2.24) is 4.98 Å². The Kier molecular flexibility index (Phi) is 4.73. The maximum absolute atomic E-state index is 14.0. The number of ether oxygens (including phenoxy) is 1. The quantitative estimate of drug-likeness (QED) is 0.787. The summed E-state index contributed by atoms with van der Waals surface area (Å²) in [5.74, 6) is -0.431. The van der Waals surface area contributed by atoms with Crippen LogP contribution in [-0.2, 0) is 0 Å². The average Bonchev–Trinajstić information content (AvgIpc) is 2.67. The lowest BCUT2D eigenvalue weighted by molar-refractivity contribution is 0.219. The van der Waals surface area contributed by atoms with Crippen molar-refractivity contribution in [2.45, 2.75) is 6.10 Å². The highest BCUT2D eigenvalue weighted by Crippen LogP contribution is 2.33. The summed E-state index contributed by atoms with van der Waals surface area (Å²) in [6.45, 7) is 0. The van der Waals surface area contributed by atoms with Crippen LogP contribution in [0.15, 0.2) is 60.9 Å². The number of aliphatic hydroxyl groups is 1. The molecule has 0 saturated heterocycles. The number of hydrogen-bond donors (Lipinski definition) is 1. The van der Waals surface area contributed by atoms with Gasteiger partial charge in [-0.05, 0) is 47.0 Å². The molecule has 3 aromatic rings. The van der Waals surface area contributed by atoms with Crippen molar-refractivity contribution < 1.29 is 14.2 Å². The lowest BCUT2D eigenvalue weighted by Crippen LogP contribution is -2.04. The molecule has 0 aliphatic heterocycles. The van der Waals surface area contributed by atoms with Crippen LogP contribution in [0.1, 0.15) is 22.8 Å². The molecule has 0 spiro atoms. The van der Waals surface area contributed by atoms with Crippen LogP contribution in [0.5, 0.6) is 5.75 Å². The molecular formula is C20H15FN2O2. The monoisotopic (exact) mass is 334 g/mol. The summed E-state index contributed by atoms with van der Waals surface area (Å²) in [4.78, 5) is 4.07. The molecule has 5 heteroatoms. The molecule has 0 saturated carbocycles. The second-order valence-electron chi connectivity index (χ2n) is 5.45. The summed E-state index contributed by atoms with van der Waals surface area (Å²) >= 11 is 0. The molecule has 3 rings (SSSR count). The molecule has 0 aliphatic carbocycles. The molecule has 1 heterocycles. The van der Waals surface area contributed by atoms with Crippen molar-refractivity contribution in [3.63, 3.8) is 0 Å². The van der Waals surface area contributed by atoms with Gasteiger partial charge in [0.05, 0.1) is 18.7 Å². The van der Waals surface area contributed by atoms with Gasteiger partial charge in [0.25, 0.3) is 0 Å². The molecule has 2 aromatic carbocycles. The highest BCUT2D eigenvalue weighted by molar-refractivity contribution is 5.69. The van der Waals surface area contributed by atoms with Crippen molar-refractivity contribution in [2.24, 2.45) is 0 Å². The van der Waals surface area contributed by atoms with Crippen LogP contribution in [0.2, 0.25) is 0 Å². The van der Waals surface area contributed by atoms with E-state index in [2.05, 4.69) is 11.1 Å². The highest BCUT2D eigenvalue weighted by Gasteiger charge is 2.18. The van der Waals surface area contributed by atoms with Crippen molar-refractivity contribution in [2.75, 3.05) is 7.11 Å². The molecule has 25 heavy (non-hydrogen) atoms. The molecule has 0 fully saturated rings. The molecule has 4 nitrogen and oxygen atoms in total. The number of pyridine rings is 1. The van der Waals surface area contributed by atoms with E-state index in [1.54, 1.807) is 42.7 Å². The first kappa shape index (κ1) is 16.6. The van der Waals surface area contributed by atoms with Gasteiger partial charge in [0.15, 0.2) is 11.6 Å². The van der Waals surface area contributed by atoms with E-state index in [1.807, 2.05) is 6.07 Å². The van der Waals surface area contributed by atoms with Crippen LogP contribution < -0.4 is 4.74 Å². The Labute approximate surface area is 144 Å². The average molecular weight is 334 g/mol. The van der Waals surface area contributed by atoms with Gasteiger partial charge in [0.2, 0.25) is 0 Å². The fourth-order valence-corrected chi connectivity index (χ4v) is 2.68. The third-order valence-corrected chi connectivity index (χ3v) is 3.94. The number of methoxy groups -OCH3 is 1. The van der Waals surface area contributed by atoms with E-state index < -0.39 is 11.9 Å². The summed E-state index contributed by atoms with van der Waals surface area (Å²) in [6.07, 6.45) is 2.09. The smallest absolute Gasteiger partial charge is 0.165 e. The molecule has 0 amide bonds. The summed E-state index contributed by atoms with van der Waals surface area (Å²) in [5.41, 5.74) is 2.96. The summed E-state index contributed by atoms with van der Waals surface area (Å²) in [5, 5.41) is 19.8. The maximum Gasteiger partial charge on any atom is 0.165 e. The topological polar surface area (TPSA) is 66.1 Å². The second-order valence-corrected chi connectivity index (χ2v) is 5.45. The van der Waals surface area contributed by atoms with E-state index in [9.17, 15) is 9.50 Å². The zero-order chi connectivity index (χ0) is 17.8. The van der Waals surface area contributed by atoms with Gasteiger partial charge in [-0.1, -0.05) is 18.2 Å². The predicted octanol–water partition coefficient (Wildman–Crippen LogP) is 3.85. The largest absolute Gasteiger partial charge is 0.494 e. The molecule has 124 valence electrons. The van der Waals surface area contributed by atoms with Crippen LogP contribution in [0, 0.1) is 17.1 Å². The molecule has 0 aliphatic rings. The van der Waals surface area contributed by atoms with E-state index in [4.69, 9.17) is 10.00 Å². The Morgan fingerprint density at radius 2 is 2.04 bits per heavy atom. The Balaban J connectivity index is 2.06. The van der Waals surface area contributed by atoms with E-state index >= 15 is 0 Å². The third-order valence-electron chi connectivity index (χ3n) is 3.94. The molecular weight excluding hydrogens is 319 g/mol. The SMILES string of the molecule is COc1ccc(C(O)c2cnccc2-c2cccc(C#N)c2)cc1F. The number of benzene rings is 2. The fourth-order valence-electron chi connectivity index (χ4n) is 2.68. The van der Waals surface area contributed by atoms with Crippen molar-refractivity contribution in [3.8, 4) is 22.9 Å². The van der Waals surface area contributed by atoms with Gasteiger partial charge in [0, 0.05) is 18.0 Å². The molecule has 1 atom stereocenters. The molecule has 1 N–H and O–H groups in total. The van der Waals surface area contributed by atoms with Crippen molar-refractivity contribution >= 4 is 0 Å². The Morgan fingerprint density at radius 3 is 2.76 bits per heavy atom. The first-order valence-corrected chi connectivity index (χ1v) is 7.60. The van der Waals surface area contributed by atoms with Crippen molar-refractivity contribution in [3.05, 3.63) is 83.4 Å². The normalized spacial score (nSPS) is 11.6. The first-order chi connectivity index (χ1) is 12.1. The molecule has 1 aromatic heterocycles. The Morgan fingerprint density at radius 1 is 1.20 bits per heavy atom. The van der Waals surface area contributed by atoms with Gasteiger partial charge in [-0.2, -0.15) is 5.26 Å². The number of nitriles is 1. The van der Waals surface area contributed by atoms with Crippen molar-refractivity contribution in [1.29, 1.82) is 5.26 Å². The lowest BCUT2D eigenvalue weighted by Gasteiger charge is -2.16. The number of halogens is 1. The van der Waals surface area contributed by atoms with Gasteiger partial charge < -0.3 is 9.84 Å². The minimum absolute atomic E-state index is 0.115. The van der Waals surface area contributed by atoms with Crippen LogP contribution >= 0.6 is 0 Å². The van der Waals surface area contributed by atoms with Gasteiger partial charge in [-0.25, -0.2) is 4.39 Å². The second kappa shape index (κ2) is 7.12. The van der Waals surface area contributed by atoms with Crippen LogP contribution in [0.25, 0.3) is 11.1 Å². The number of hydrogen-bond acceptors (Lipinski definition) is 4. The van der Waals surface area contributed by atoms with Gasteiger partial charge in [-0.3, -0.25) is 4.98 Å². The molecule has 0 radical (unpaired) electrons. The van der Waals surface area contributed by atoms with Gasteiger partial charge >= 0.3 is 0 Å². The number of aromatic nitrogens is 1. The van der Waals surface area contributed by atoms with E-state index in [-0.39, 0.29) is 5.75 Å². The maximum atomic E-state index is 14.0. The molecule has 1 unspecified atom stereocenters. The van der Waals surface area contributed by atoms with E-state index in [1.165, 1.54) is 19.2 Å². The zero-order valence-electron chi connectivity index (χ0n) is 13.5. The van der Waals surface area contributed by atoms with Crippen LogP contribution in [-0.4, -0.2) is 17.2 Å². The first-order valence-electron chi connectivity index (χ1n) is 7.60. The number of nitrogens with zero attached hydrogens (tertiary/aromatic N) is 2. The zero-order valence-corrected chi connectivity index (χ0v) is 13.5. The number of rotatable bonds is 4. The molecule has 0 bridgehead atoms. The fraction of sp³-hybridized carbons (Fsp3) is 0.100. The summed E-state index contributed by atoms with van der Waals surface area (Å²) < 4.78 is 18.9. The van der Waals surface area contributed by atoms with Gasteiger partial charge in [-0.15, -0.1) is 0 Å². The minimum atomic E-state index is -1.06. The predicted molar refractivity (Wildman–Crippen MR) is 91.4 cm³/mol. The highest BCUT2D eigenvalue weighted by atomic mass is 19.1. The lowest BCUT2D eigenvalue weighted by atomic mass is 9.94. The third kappa shape index (κ3) is 3.35. The van der Waals surface area contributed by atoms with E-state index in [0.29, 0.717) is 16.7 Å². The standard InChI is InChI=1S/C20H15FN2O2/c1-25-19-6-5-15(10-18(19)21)20(24)17-12-23-8-7-16(17)14-4-2-3-13(9-14)11-22/h2-10,12,20,24H,1H3. The van der Waals surface area contributed by atoms with Crippen LogP contribution in [0.3, 0.4) is 0 Å². The van der Waals surface area contributed by atoms with Gasteiger partial charge in [0.1, 0.15) is 6.10 Å². The van der Waals surface area contributed by atoms with E-state index in [0.717, 1.165) is 11.1 Å². The summed E-state index contributed by atoms with van der Waals surface area (Å²) in [7, 11) is 1.38. The Bertz CT molecular complexity index is 950.